The van der Waals surface area contributed by atoms with Gasteiger partial charge in [0.2, 0.25) is 5.95 Å². The summed E-state index contributed by atoms with van der Waals surface area (Å²) in [5.74, 6) is 0.561. The summed E-state index contributed by atoms with van der Waals surface area (Å²) < 4.78 is 13.3. The topological polar surface area (TPSA) is 87.7 Å². The first kappa shape index (κ1) is 16.9. The molecule has 3 N–H and O–H groups in total. The molecule has 4 rings (SSSR count). The highest BCUT2D eigenvalue weighted by Gasteiger charge is 2.15. The molecule has 1 fully saturated rings. The first-order chi connectivity index (χ1) is 12.7. The Bertz CT molecular complexity index is 930. The summed E-state index contributed by atoms with van der Waals surface area (Å²) in [4.78, 5) is 17.4. The Labute approximate surface area is 154 Å². The van der Waals surface area contributed by atoms with E-state index in [1.54, 1.807) is 12.3 Å². The molecule has 1 saturated heterocycles. The number of rotatable bonds is 4. The van der Waals surface area contributed by atoms with Crippen molar-refractivity contribution >= 4 is 40.1 Å². The Balaban J connectivity index is 1.63. The summed E-state index contributed by atoms with van der Waals surface area (Å²) in [5, 5.41) is 9.84. The predicted molar refractivity (Wildman–Crippen MR) is 99.3 cm³/mol. The molecule has 7 nitrogen and oxygen atoms in total. The molecule has 1 aliphatic heterocycles. The standard InChI is InChI=1S/C17H17ClFN7/c18-12-6-10(3-4-13(12)19)24-16-15-14(22-9-23-16)8-21-17(26-15)25-11-2-1-5-20-7-11/h3-4,6,8-9,11,20H,1-2,5,7H2,(H,21,25,26)(H,22,23,24). The van der Waals surface area contributed by atoms with Crippen LogP contribution in [0.25, 0.3) is 11.0 Å². The number of hydrogen-bond donors (Lipinski definition) is 3. The summed E-state index contributed by atoms with van der Waals surface area (Å²) in [6, 6.07) is 4.67. The van der Waals surface area contributed by atoms with Crippen LogP contribution < -0.4 is 16.0 Å². The Morgan fingerprint density at radius 2 is 2.15 bits per heavy atom. The van der Waals surface area contributed by atoms with Crippen molar-refractivity contribution in [1.29, 1.82) is 0 Å². The van der Waals surface area contributed by atoms with Gasteiger partial charge in [-0.3, -0.25) is 0 Å². The maximum absolute atomic E-state index is 13.3. The van der Waals surface area contributed by atoms with Crippen LogP contribution in [0.2, 0.25) is 5.02 Å². The van der Waals surface area contributed by atoms with Crippen LogP contribution in [0.1, 0.15) is 12.8 Å². The molecule has 0 bridgehead atoms. The lowest BCUT2D eigenvalue weighted by Crippen LogP contribution is -2.38. The minimum atomic E-state index is -0.473. The normalized spacial score (nSPS) is 17.2. The first-order valence-corrected chi connectivity index (χ1v) is 8.74. The summed E-state index contributed by atoms with van der Waals surface area (Å²) in [6.07, 6.45) is 5.27. The van der Waals surface area contributed by atoms with Gasteiger partial charge >= 0.3 is 0 Å². The second kappa shape index (κ2) is 7.35. The SMILES string of the molecule is Fc1ccc(Nc2ncnc3cnc(NC4CCCNC4)nc23)cc1Cl. The molecule has 0 radical (unpaired) electrons. The number of fused-ring (bicyclic) bond motifs is 1. The van der Waals surface area contributed by atoms with E-state index < -0.39 is 5.82 Å². The fraction of sp³-hybridized carbons (Fsp3) is 0.294. The summed E-state index contributed by atoms with van der Waals surface area (Å²) >= 11 is 5.84. The van der Waals surface area contributed by atoms with Gasteiger partial charge in [0, 0.05) is 18.3 Å². The number of piperidine rings is 1. The van der Waals surface area contributed by atoms with Crippen molar-refractivity contribution in [1.82, 2.24) is 25.3 Å². The number of benzene rings is 1. The van der Waals surface area contributed by atoms with Crippen LogP contribution in [-0.2, 0) is 0 Å². The molecule has 1 unspecified atom stereocenters. The smallest absolute Gasteiger partial charge is 0.223 e. The lowest BCUT2D eigenvalue weighted by Gasteiger charge is -2.23. The molecular weight excluding hydrogens is 357 g/mol. The maximum Gasteiger partial charge on any atom is 0.223 e. The number of anilines is 3. The van der Waals surface area contributed by atoms with Gasteiger partial charge in [-0.25, -0.2) is 24.3 Å². The van der Waals surface area contributed by atoms with Crippen LogP contribution in [0.3, 0.4) is 0 Å². The van der Waals surface area contributed by atoms with Gasteiger partial charge in [-0.15, -0.1) is 0 Å². The van der Waals surface area contributed by atoms with Gasteiger partial charge in [-0.05, 0) is 37.6 Å². The van der Waals surface area contributed by atoms with Crippen molar-refractivity contribution in [2.75, 3.05) is 23.7 Å². The van der Waals surface area contributed by atoms with E-state index in [0.29, 0.717) is 28.5 Å². The zero-order valence-electron chi connectivity index (χ0n) is 13.8. The third kappa shape index (κ3) is 3.66. The molecule has 0 spiro atoms. The quantitative estimate of drug-likeness (QED) is 0.647. The average molecular weight is 374 g/mol. The number of nitrogens with zero attached hydrogens (tertiary/aromatic N) is 4. The van der Waals surface area contributed by atoms with Crippen LogP contribution in [-0.4, -0.2) is 39.1 Å². The Hall–Kier alpha value is -2.58. The van der Waals surface area contributed by atoms with E-state index in [2.05, 4.69) is 35.9 Å². The first-order valence-electron chi connectivity index (χ1n) is 8.36. The van der Waals surface area contributed by atoms with Gasteiger partial charge in [-0.2, -0.15) is 0 Å². The van der Waals surface area contributed by atoms with Crippen molar-refractivity contribution < 1.29 is 4.39 Å². The van der Waals surface area contributed by atoms with Crippen molar-refractivity contribution in [2.24, 2.45) is 0 Å². The molecule has 0 aliphatic carbocycles. The van der Waals surface area contributed by atoms with E-state index in [9.17, 15) is 4.39 Å². The van der Waals surface area contributed by atoms with Gasteiger partial charge in [0.15, 0.2) is 5.82 Å². The number of nitrogens with one attached hydrogen (secondary N) is 3. The predicted octanol–water partition coefficient (Wildman–Crippen LogP) is 3.12. The Kier molecular flexibility index (Phi) is 4.77. The van der Waals surface area contributed by atoms with E-state index in [1.165, 1.54) is 18.5 Å². The van der Waals surface area contributed by atoms with Crippen LogP contribution in [0, 0.1) is 5.82 Å². The van der Waals surface area contributed by atoms with E-state index in [-0.39, 0.29) is 11.1 Å². The van der Waals surface area contributed by atoms with Crippen LogP contribution >= 0.6 is 11.6 Å². The van der Waals surface area contributed by atoms with Gasteiger partial charge < -0.3 is 16.0 Å². The highest BCUT2D eigenvalue weighted by atomic mass is 35.5. The highest BCUT2D eigenvalue weighted by molar-refractivity contribution is 6.31. The summed E-state index contributed by atoms with van der Waals surface area (Å²) in [6.45, 7) is 1.92. The Morgan fingerprint density at radius 3 is 2.96 bits per heavy atom. The second-order valence-corrected chi connectivity index (χ2v) is 6.50. The lowest BCUT2D eigenvalue weighted by atomic mass is 10.1. The van der Waals surface area contributed by atoms with E-state index in [4.69, 9.17) is 11.6 Å². The minimum Gasteiger partial charge on any atom is -0.350 e. The molecular formula is C17H17ClFN7. The molecule has 1 aromatic carbocycles. The molecule has 3 aromatic rings. The third-order valence-corrected chi connectivity index (χ3v) is 4.48. The van der Waals surface area contributed by atoms with Gasteiger partial charge in [-0.1, -0.05) is 11.6 Å². The molecule has 9 heteroatoms. The Morgan fingerprint density at radius 1 is 1.23 bits per heavy atom. The van der Waals surface area contributed by atoms with Crippen LogP contribution in [0.5, 0.6) is 0 Å². The van der Waals surface area contributed by atoms with Crippen molar-refractivity contribution in [3.05, 3.63) is 41.6 Å². The zero-order valence-corrected chi connectivity index (χ0v) is 14.6. The molecule has 3 heterocycles. The van der Waals surface area contributed by atoms with E-state index in [1.807, 2.05) is 0 Å². The number of halogens is 2. The fourth-order valence-corrected chi connectivity index (χ4v) is 3.06. The lowest BCUT2D eigenvalue weighted by molar-refractivity contribution is 0.478. The summed E-state index contributed by atoms with van der Waals surface area (Å²) in [7, 11) is 0. The highest BCUT2D eigenvalue weighted by Crippen LogP contribution is 2.25. The van der Waals surface area contributed by atoms with Crippen LogP contribution in [0.15, 0.2) is 30.7 Å². The van der Waals surface area contributed by atoms with Crippen molar-refractivity contribution in [3.8, 4) is 0 Å². The van der Waals surface area contributed by atoms with Crippen molar-refractivity contribution in [2.45, 2.75) is 18.9 Å². The zero-order chi connectivity index (χ0) is 17.9. The van der Waals surface area contributed by atoms with Crippen molar-refractivity contribution in [3.63, 3.8) is 0 Å². The molecule has 0 saturated carbocycles. The molecule has 0 amide bonds. The van der Waals surface area contributed by atoms with Gasteiger partial charge in [0.25, 0.3) is 0 Å². The van der Waals surface area contributed by atoms with Gasteiger partial charge in [0.1, 0.15) is 23.2 Å². The van der Waals surface area contributed by atoms with Gasteiger partial charge in [0.05, 0.1) is 11.2 Å². The number of hydrogen-bond acceptors (Lipinski definition) is 7. The molecule has 134 valence electrons. The average Bonchev–Trinajstić information content (AvgIpc) is 2.66. The molecule has 1 aliphatic rings. The monoisotopic (exact) mass is 373 g/mol. The third-order valence-electron chi connectivity index (χ3n) is 4.19. The molecule has 1 atom stereocenters. The maximum atomic E-state index is 13.3. The largest absolute Gasteiger partial charge is 0.350 e. The second-order valence-electron chi connectivity index (χ2n) is 6.09. The minimum absolute atomic E-state index is 0.0372. The molecule has 26 heavy (non-hydrogen) atoms. The number of aromatic nitrogens is 4. The van der Waals surface area contributed by atoms with E-state index in [0.717, 1.165) is 25.9 Å². The summed E-state index contributed by atoms with van der Waals surface area (Å²) in [5.41, 5.74) is 1.80. The van der Waals surface area contributed by atoms with E-state index >= 15 is 0 Å². The van der Waals surface area contributed by atoms with Crippen LogP contribution in [0.4, 0.5) is 21.8 Å². The fourth-order valence-electron chi connectivity index (χ4n) is 2.88. The molecule has 2 aromatic heterocycles.